The monoisotopic (exact) mass is 331 g/mol. The molecule has 1 aromatic carbocycles. The van der Waals surface area contributed by atoms with Crippen LogP contribution in [0.5, 0.6) is 0 Å². The molecule has 0 unspecified atom stereocenters. The summed E-state index contributed by atoms with van der Waals surface area (Å²) in [6.45, 7) is 1.71. The predicted octanol–water partition coefficient (Wildman–Crippen LogP) is 1.91. The Balaban J connectivity index is 1.86. The molecule has 128 valence electrons. The molecule has 1 aliphatic heterocycles. The standard InChI is InChI=1S/C15H20F3N3O2/c16-15(17,18)11-23-10-13-3-1-2-12(8-13)9-20-14(19)21-4-6-22-7-5-21/h1-3,8H,4-7,9-11H2,(H2,19,20). The first-order valence-electron chi connectivity index (χ1n) is 7.29. The highest BCUT2D eigenvalue weighted by atomic mass is 19.4. The number of hydrogen-bond donors (Lipinski definition) is 1. The van der Waals surface area contributed by atoms with E-state index in [-0.39, 0.29) is 6.61 Å². The van der Waals surface area contributed by atoms with Crippen LogP contribution < -0.4 is 5.73 Å². The fourth-order valence-corrected chi connectivity index (χ4v) is 2.17. The molecular weight excluding hydrogens is 311 g/mol. The van der Waals surface area contributed by atoms with E-state index < -0.39 is 12.8 Å². The highest BCUT2D eigenvalue weighted by molar-refractivity contribution is 5.78. The second-order valence-electron chi connectivity index (χ2n) is 5.20. The van der Waals surface area contributed by atoms with Gasteiger partial charge < -0.3 is 20.1 Å². The van der Waals surface area contributed by atoms with Gasteiger partial charge in [0.1, 0.15) is 6.61 Å². The molecule has 0 radical (unpaired) electrons. The number of morpholine rings is 1. The molecule has 0 saturated carbocycles. The van der Waals surface area contributed by atoms with E-state index in [1.54, 1.807) is 18.2 Å². The summed E-state index contributed by atoms with van der Waals surface area (Å²) < 4.78 is 46.1. The lowest BCUT2D eigenvalue weighted by Gasteiger charge is -2.27. The summed E-state index contributed by atoms with van der Waals surface area (Å²) >= 11 is 0. The Morgan fingerprint density at radius 3 is 2.65 bits per heavy atom. The van der Waals surface area contributed by atoms with Crippen molar-refractivity contribution in [2.24, 2.45) is 10.7 Å². The summed E-state index contributed by atoms with van der Waals surface area (Å²) in [5.74, 6) is 0.451. The lowest BCUT2D eigenvalue weighted by Crippen LogP contribution is -2.44. The molecule has 2 N–H and O–H groups in total. The van der Waals surface area contributed by atoms with E-state index in [9.17, 15) is 13.2 Å². The van der Waals surface area contributed by atoms with Gasteiger partial charge in [-0.2, -0.15) is 13.2 Å². The Morgan fingerprint density at radius 1 is 1.26 bits per heavy atom. The van der Waals surface area contributed by atoms with E-state index in [1.807, 2.05) is 11.0 Å². The van der Waals surface area contributed by atoms with Crippen molar-refractivity contribution in [3.8, 4) is 0 Å². The van der Waals surface area contributed by atoms with Gasteiger partial charge in [-0.05, 0) is 11.1 Å². The summed E-state index contributed by atoms with van der Waals surface area (Å²) in [6.07, 6.45) is -4.31. The first kappa shape index (κ1) is 17.6. The summed E-state index contributed by atoms with van der Waals surface area (Å²) in [6, 6.07) is 7.10. The highest BCUT2D eigenvalue weighted by Gasteiger charge is 2.27. The van der Waals surface area contributed by atoms with Crippen LogP contribution in [0, 0.1) is 0 Å². The lowest BCUT2D eigenvalue weighted by atomic mass is 10.1. The number of hydrogen-bond acceptors (Lipinski definition) is 3. The van der Waals surface area contributed by atoms with Crippen molar-refractivity contribution in [3.63, 3.8) is 0 Å². The Kier molecular flexibility index (Phi) is 6.23. The molecule has 1 heterocycles. The minimum Gasteiger partial charge on any atom is -0.378 e. The van der Waals surface area contributed by atoms with E-state index in [4.69, 9.17) is 10.5 Å². The maximum absolute atomic E-state index is 12.1. The summed E-state index contributed by atoms with van der Waals surface area (Å²) in [5.41, 5.74) is 7.48. The smallest absolute Gasteiger partial charge is 0.378 e. The molecule has 1 aliphatic rings. The van der Waals surface area contributed by atoms with Crippen LogP contribution in [-0.4, -0.2) is 49.9 Å². The van der Waals surface area contributed by atoms with Gasteiger partial charge in [0, 0.05) is 13.1 Å². The van der Waals surface area contributed by atoms with Crippen LogP contribution in [0.3, 0.4) is 0 Å². The number of nitrogens with zero attached hydrogens (tertiary/aromatic N) is 2. The molecule has 0 amide bonds. The molecular formula is C15H20F3N3O2. The second-order valence-corrected chi connectivity index (χ2v) is 5.20. The Labute approximate surface area is 132 Å². The number of halogens is 3. The molecule has 0 atom stereocenters. The zero-order chi connectivity index (χ0) is 16.7. The number of guanidine groups is 1. The number of nitrogens with two attached hydrogens (primary N) is 1. The second kappa shape index (κ2) is 8.16. The third-order valence-corrected chi connectivity index (χ3v) is 3.28. The normalized spacial score (nSPS) is 16.7. The number of alkyl halides is 3. The van der Waals surface area contributed by atoms with Gasteiger partial charge in [0.05, 0.1) is 26.4 Å². The zero-order valence-electron chi connectivity index (χ0n) is 12.7. The van der Waals surface area contributed by atoms with Gasteiger partial charge >= 0.3 is 6.18 Å². The lowest BCUT2D eigenvalue weighted by molar-refractivity contribution is -0.176. The number of rotatable bonds is 5. The van der Waals surface area contributed by atoms with E-state index in [0.29, 0.717) is 44.4 Å². The quantitative estimate of drug-likeness (QED) is 0.661. The van der Waals surface area contributed by atoms with E-state index in [2.05, 4.69) is 9.73 Å². The van der Waals surface area contributed by atoms with E-state index in [0.717, 1.165) is 5.56 Å². The topological polar surface area (TPSA) is 60.1 Å². The van der Waals surface area contributed by atoms with Gasteiger partial charge in [-0.25, -0.2) is 4.99 Å². The van der Waals surface area contributed by atoms with E-state index >= 15 is 0 Å². The van der Waals surface area contributed by atoms with Crippen molar-refractivity contribution < 1.29 is 22.6 Å². The van der Waals surface area contributed by atoms with Crippen molar-refractivity contribution in [2.45, 2.75) is 19.3 Å². The average molecular weight is 331 g/mol. The fourth-order valence-electron chi connectivity index (χ4n) is 2.17. The first-order valence-corrected chi connectivity index (χ1v) is 7.29. The molecule has 0 spiro atoms. The average Bonchev–Trinajstić information content (AvgIpc) is 2.53. The molecule has 1 aromatic rings. The number of ether oxygens (including phenoxy) is 2. The van der Waals surface area contributed by atoms with Crippen molar-refractivity contribution in [1.29, 1.82) is 0 Å². The van der Waals surface area contributed by atoms with Crippen molar-refractivity contribution in [2.75, 3.05) is 32.9 Å². The van der Waals surface area contributed by atoms with Crippen LogP contribution in [0.2, 0.25) is 0 Å². The van der Waals surface area contributed by atoms with Crippen molar-refractivity contribution in [3.05, 3.63) is 35.4 Å². The molecule has 2 rings (SSSR count). The molecule has 5 nitrogen and oxygen atoms in total. The van der Waals surface area contributed by atoms with Gasteiger partial charge in [-0.3, -0.25) is 0 Å². The molecule has 0 aliphatic carbocycles. The van der Waals surface area contributed by atoms with Crippen LogP contribution in [0.1, 0.15) is 11.1 Å². The minimum absolute atomic E-state index is 0.0873. The number of benzene rings is 1. The Morgan fingerprint density at radius 2 is 1.96 bits per heavy atom. The first-order chi connectivity index (χ1) is 10.9. The largest absolute Gasteiger partial charge is 0.411 e. The zero-order valence-corrected chi connectivity index (χ0v) is 12.7. The van der Waals surface area contributed by atoms with Crippen LogP contribution >= 0.6 is 0 Å². The van der Waals surface area contributed by atoms with Crippen LogP contribution in [0.4, 0.5) is 13.2 Å². The van der Waals surface area contributed by atoms with Crippen LogP contribution in [0.15, 0.2) is 29.3 Å². The highest BCUT2D eigenvalue weighted by Crippen LogP contribution is 2.16. The number of aliphatic imine (C=N–C) groups is 1. The predicted molar refractivity (Wildman–Crippen MR) is 79.9 cm³/mol. The van der Waals surface area contributed by atoms with Gasteiger partial charge in [0.25, 0.3) is 0 Å². The Hall–Kier alpha value is -1.80. The molecule has 0 aromatic heterocycles. The van der Waals surface area contributed by atoms with Gasteiger partial charge in [-0.15, -0.1) is 0 Å². The van der Waals surface area contributed by atoms with Crippen molar-refractivity contribution in [1.82, 2.24) is 4.90 Å². The Bertz CT molecular complexity index is 529. The minimum atomic E-state index is -4.31. The maximum atomic E-state index is 12.1. The van der Waals surface area contributed by atoms with Crippen LogP contribution in [0.25, 0.3) is 0 Å². The maximum Gasteiger partial charge on any atom is 0.411 e. The summed E-state index contributed by atoms with van der Waals surface area (Å²) in [7, 11) is 0. The molecule has 8 heteroatoms. The van der Waals surface area contributed by atoms with Gasteiger partial charge in [0.15, 0.2) is 5.96 Å². The summed E-state index contributed by atoms with van der Waals surface area (Å²) in [5, 5.41) is 0. The van der Waals surface area contributed by atoms with Crippen molar-refractivity contribution >= 4 is 5.96 Å². The molecule has 23 heavy (non-hydrogen) atoms. The molecule has 1 fully saturated rings. The third-order valence-electron chi connectivity index (χ3n) is 3.28. The van der Waals surface area contributed by atoms with E-state index in [1.165, 1.54) is 0 Å². The SMILES string of the molecule is NC(=NCc1cccc(COCC(F)(F)F)c1)N1CCOCC1. The van der Waals surface area contributed by atoms with Crippen LogP contribution in [-0.2, 0) is 22.6 Å². The molecule has 1 saturated heterocycles. The third kappa shape index (κ3) is 6.45. The van der Waals surface area contributed by atoms with Gasteiger partial charge in [-0.1, -0.05) is 24.3 Å². The fraction of sp³-hybridized carbons (Fsp3) is 0.533. The van der Waals surface area contributed by atoms with Gasteiger partial charge in [0.2, 0.25) is 0 Å². The summed E-state index contributed by atoms with van der Waals surface area (Å²) in [4.78, 5) is 6.27. The molecule has 0 bridgehead atoms.